The summed E-state index contributed by atoms with van der Waals surface area (Å²) in [6, 6.07) is 8.68. The third-order valence-electron chi connectivity index (χ3n) is 6.21. The Morgan fingerprint density at radius 2 is 1.39 bits per heavy atom. The molecule has 200 valence electrons. The second-order valence-electron chi connectivity index (χ2n) is 9.94. The SMILES string of the molecule is C.CC1(C#Cc2cc([N+](=O)[O-])ccc2N)CC1.CCCC(=O)Nc1ccc([N+](=O)[O-])cc1C#CC1(C)CC1. The van der Waals surface area contributed by atoms with E-state index in [1.807, 2.05) is 6.92 Å². The molecule has 0 aliphatic heterocycles. The predicted octanol–water partition coefficient (Wildman–Crippen LogP) is 6.45. The van der Waals surface area contributed by atoms with Gasteiger partial charge in [0.1, 0.15) is 0 Å². The van der Waals surface area contributed by atoms with Crippen molar-refractivity contribution in [1.82, 2.24) is 0 Å². The summed E-state index contributed by atoms with van der Waals surface area (Å²) in [5.74, 6) is 12.1. The van der Waals surface area contributed by atoms with Gasteiger partial charge in [-0.3, -0.25) is 25.0 Å². The lowest BCUT2D eigenvalue weighted by atomic mass is 10.1. The number of hydrogen-bond acceptors (Lipinski definition) is 6. The van der Waals surface area contributed by atoms with Crippen LogP contribution in [0.25, 0.3) is 0 Å². The van der Waals surface area contributed by atoms with Crippen LogP contribution in [0, 0.1) is 54.7 Å². The highest BCUT2D eigenvalue weighted by Crippen LogP contribution is 2.44. The number of non-ortho nitro benzene ring substituents is 2. The molecular weight excluding hydrogens is 484 g/mol. The van der Waals surface area contributed by atoms with E-state index < -0.39 is 9.85 Å². The molecule has 2 aromatic rings. The maximum atomic E-state index is 11.7. The van der Waals surface area contributed by atoms with E-state index in [1.54, 1.807) is 6.07 Å². The number of hydrogen-bond donors (Lipinski definition) is 2. The monoisotopic (exact) mass is 518 g/mol. The summed E-state index contributed by atoms with van der Waals surface area (Å²) in [6.45, 7) is 6.06. The molecule has 2 aromatic carbocycles. The number of nitrogen functional groups attached to an aromatic ring is 1. The Balaban J connectivity index is 0.000000269. The number of nitrogens with two attached hydrogens (primary N) is 1. The molecule has 4 rings (SSSR count). The van der Waals surface area contributed by atoms with Crippen LogP contribution in [-0.4, -0.2) is 15.8 Å². The standard InChI is InChI=1S/C16H18N2O3.C12H12N2O2.CH4/c1-3-4-15(19)17-14-6-5-13(18(20)21)11-12(14)7-8-16(2)9-10-16;1-12(6-7-12)5-4-9-8-10(14(15)16)2-3-11(9)13;/h5-6,11H,3-4,9-10H2,1-2H3,(H,17,19);2-3,8H,6-7,13H2,1H3;1H4. The maximum absolute atomic E-state index is 11.7. The molecule has 0 heterocycles. The highest BCUT2D eigenvalue weighted by Gasteiger charge is 2.35. The van der Waals surface area contributed by atoms with Gasteiger partial charge in [0.15, 0.2) is 0 Å². The molecule has 2 fully saturated rings. The first-order chi connectivity index (χ1) is 17.4. The van der Waals surface area contributed by atoms with E-state index in [1.165, 1.54) is 30.3 Å². The average molecular weight is 519 g/mol. The number of nitrogens with zero attached hydrogens (tertiary/aromatic N) is 2. The van der Waals surface area contributed by atoms with Gasteiger partial charge in [0.05, 0.1) is 26.7 Å². The number of amides is 1. The van der Waals surface area contributed by atoms with Crippen molar-refractivity contribution < 1.29 is 14.6 Å². The van der Waals surface area contributed by atoms with Gasteiger partial charge in [0, 0.05) is 47.2 Å². The van der Waals surface area contributed by atoms with Gasteiger partial charge in [0.25, 0.3) is 11.4 Å². The van der Waals surface area contributed by atoms with Gasteiger partial charge in [-0.05, 0) is 58.1 Å². The van der Waals surface area contributed by atoms with E-state index in [2.05, 4.69) is 42.8 Å². The number of nitro benzene ring substituents is 2. The number of carbonyl (C=O) groups excluding carboxylic acids is 1. The van der Waals surface area contributed by atoms with Gasteiger partial charge in [-0.15, -0.1) is 0 Å². The Hall–Kier alpha value is -4.37. The lowest BCUT2D eigenvalue weighted by Gasteiger charge is -2.07. The van der Waals surface area contributed by atoms with Crippen molar-refractivity contribution >= 4 is 28.7 Å². The second kappa shape index (κ2) is 12.2. The summed E-state index contributed by atoms with van der Waals surface area (Å²) >= 11 is 0. The lowest BCUT2D eigenvalue weighted by Crippen LogP contribution is -2.11. The zero-order valence-corrected chi connectivity index (χ0v) is 21.2. The molecule has 0 aromatic heterocycles. The summed E-state index contributed by atoms with van der Waals surface area (Å²) < 4.78 is 0. The Morgan fingerprint density at radius 3 is 1.87 bits per heavy atom. The molecule has 0 unspecified atom stereocenters. The molecule has 9 nitrogen and oxygen atoms in total. The summed E-state index contributed by atoms with van der Waals surface area (Å²) in [5, 5.41) is 24.2. The van der Waals surface area contributed by atoms with Crippen molar-refractivity contribution in [2.75, 3.05) is 11.1 Å². The molecule has 0 spiro atoms. The normalized spacial score (nSPS) is 14.9. The Bertz CT molecular complexity index is 1350. The molecule has 2 saturated carbocycles. The lowest BCUT2D eigenvalue weighted by molar-refractivity contribution is -0.385. The summed E-state index contributed by atoms with van der Waals surface area (Å²) in [7, 11) is 0. The van der Waals surface area contributed by atoms with Gasteiger partial charge >= 0.3 is 0 Å². The number of benzene rings is 2. The smallest absolute Gasteiger partial charge is 0.270 e. The largest absolute Gasteiger partial charge is 0.398 e. The van der Waals surface area contributed by atoms with E-state index in [-0.39, 0.29) is 35.5 Å². The highest BCUT2D eigenvalue weighted by molar-refractivity contribution is 5.92. The summed E-state index contributed by atoms with van der Waals surface area (Å²) in [5.41, 5.74) is 7.91. The molecule has 0 bridgehead atoms. The molecule has 1 amide bonds. The van der Waals surface area contributed by atoms with Crippen molar-refractivity contribution in [3.8, 4) is 23.7 Å². The first-order valence-corrected chi connectivity index (χ1v) is 12.1. The average Bonchev–Trinajstić information content (AvgIpc) is 3.77. The van der Waals surface area contributed by atoms with E-state index in [4.69, 9.17) is 5.73 Å². The zero-order valence-electron chi connectivity index (χ0n) is 21.2. The van der Waals surface area contributed by atoms with Crippen LogP contribution < -0.4 is 11.1 Å². The third-order valence-corrected chi connectivity index (χ3v) is 6.21. The van der Waals surface area contributed by atoms with Crippen LogP contribution in [-0.2, 0) is 4.79 Å². The highest BCUT2D eigenvalue weighted by atomic mass is 16.6. The van der Waals surface area contributed by atoms with Crippen molar-refractivity contribution in [3.63, 3.8) is 0 Å². The van der Waals surface area contributed by atoms with Crippen LogP contribution in [0.15, 0.2) is 36.4 Å². The minimum atomic E-state index is -0.457. The number of nitro groups is 2. The molecular formula is C29H34N4O5. The predicted molar refractivity (Wildman–Crippen MR) is 149 cm³/mol. The molecule has 3 N–H and O–H groups in total. The zero-order chi connectivity index (χ0) is 27.2. The summed E-state index contributed by atoms with van der Waals surface area (Å²) in [6.07, 6.45) is 5.45. The van der Waals surface area contributed by atoms with Gasteiger partial charge in [-0.25, -0.2) is 0 Å². The van der Waals surface area contributed by atoms with Crippen LogP contribution in [0.3, 0.4) is 0 Å². The van der Waals surface area contributed by atoms with Crippen molar-refractivity contribution in [3.05, 3.63) is 67.8 Å². The van der Waals surface area contributed by atoms with E-state index in [9.17, 15) is 25.0 Å². The second-order valence-corrected chi connectivity index (χ2v) is 9.94. The van der Waals surface area contributed by atoms with E-state index in [0.717, 1.165) is 32.1 Å². The maximum Gasteiger partial charge on any atom is 0.270 e. The van der Waals surface area contributed by atoms with E-state index in [0.29, 0.717) is 28.9 Å². The van der Waals surface area contributed by atoms with Gasteiger partial charge in [0.2, 0.25) is 5.91 Å². The first kappa shape index (κ1) is 29.9. The minimum Gasteiger partial charge on any atom is -0.398 e. The molecule has 2 aliphatic carbocycles. The fourth-order valence-corrected chi connectivity index (χ4v) is 3.13. The van der Waals surface area contributed by atoms with Crippen LogP contribution in [0.2, 0.25) is 0 Å². The van der Waals surface area contributed by atoms with Crippen LogP contribution in [0.1, 0.15) is 77.8 Å². The Kier molecular flexibility index (Phi) is 9.62. The molecule has 0 saturated heterocycles. The molecule has 9 heteroatoms. The molecule has 2 aliphatic rings. The fraction of sp³-hybridized carbons (Fsp3) is 0.414. The Labute approximate surface area is 223 Å². The topological polar surface area (TPSA) is 141 Å². The van der Waals surface area contributed by atoms with Gasteiger partial charge < -0.3 is 11.1 Å². The van der Waals surface area contributed by atoms with Crippen LogP contribution >= 0.6 is 0 Å². The Morgan fingerprint density at radius 1 is 0.921 bits per heavy atom. The van der Waals surface area contributed by atoms with E-state index >= 15 is 0 Å². The number of carbonyl (C=O) groups is 1. The number of anilines is 2. The third kappa shape index (κ3) is 8.63. The van der Waals surface area contributed by atoms with Gasteiger partial charge in [-0.2, -0.15) is 0 Å². The molecule has 0 radical (unpaired) electrons. The molecule has 0 atom stereocenters. The summed E-state index contributed by atoms with van der Waals surface area (Å²) in [4.78, 5) is 32.3. The van der Waals surface area contributed by atoms with Crippen LogP contribution in [0.4, 0.5) is 22.7 Å². The first-order valence-electron chi connectivity index (χ1n) is 12.1. The quantitative estimate of drug-likeness (QED) is 0.202. The van der Waals surface area contributed by atoms with Gasteiger partial charge in [-0.1, -0.05) is 38.0 Å². The van der Waals surface area contributed by atoms with Crippen LogP contribution in [0.5, 0.6) is 0 Å². The van der Waals surface area contributed by atoms with Crippen molar-refractivity contribution in [1.29, 1.82) is 0 Å². The number of nitrogens with one attached hydrogen (secondary N) is 1. The van der Waals surface area contributed by atoms with Crippen molar-refractivity contribution in [2.24, 2.45) is 10.8 Å². The fourth-order valence-electron chi connectivity index (χ4n) is 3.13. The van der Waals surface area contributed by atoms with Crippen molar-refractivity contribution in [2.45, 2.75) is 66.7 Å². The number of rotatable bonds is 5. The minimum absolute atomic E-state index is 0. The molecule has 38 heavy (non-hydrogen) atoms.